The van der Waals surface area contributed by atoms with Crippen LogP contribution in [0.3, 0.4) is 0 Å². The summed E-state index contributed by atoms with van der Waals surface area (Å²) < 4.78 is 20.9. The third-order valence-electron chi connectivity index (χ3n) is 6.11. The molecule has 2 aromatic rings. The van der Waals surface area contributed by atoms with E-state index < -0.39 is 0 Å². The number of nitrogens with zero attached hydrogens (tertiary/aromatic N) is 1. The van der Waals surface area contributed by atoms with Gasteiger partial charge in [-0.15, -0.1) is 0 Å². The van der Waals surface area contributed by atoms with Crippen LogP contribution in [0, 0.1) is 18.2 Å². The van der Waals surface area contributed by atoms with Gasteiger partial charge in [0.25, 0.3) is 0 Å². The summed E-state index contributed by atoms with van der Waals surface area (Å²) in [6.07, 6.45) is 3.51. The average molecular weight is 397 g/mol. The summed E-state index contributed by atoms with van der Waals surface area (Å²) in [4.78, 5) is 14.4. The molecule has 1 aliphatic carbocycles. The molecule has 29 heavy (non-hydrogen) atoms. The van der Waals surface area contributed by atoms with E-state index in [1.165, 1.54) is 11.6 Å². The van der Waals surface area contributed by atoms with Crippen molar-refractivity contribution in [1.29, 1.82) is 0 Å². The summed E-state index contributed by atoms with van der Waals surface area (Å²) in [5.41, 5.74) is 3.18. The summed E-state index contributed by atoms with van der Waals surface area (Å²) in [5, 5.41) is 2.79. The van der Waals surface area contributed by atoms with Crippen molar-refractivity contribution in [2.45, 2.75) is 45.6 Å². The van der Waals surface area contributed by atoms with Crippen LogP contribution >= 0.6 is 0 Å². The Morgan fingerprint density at radius 1 is 1.24 bits per heavy atom. The van der Waals surface area contributed by atoms with Gasteiger partial charge in [0.05, 0.1) is 18.4 Å². The Labute approximate surface area is 172 Å². The molecule has 4 rings (SSSR count). The number of halogens is 1. The maximum Gasteiger partial charge on any atom is 0.225 e. The molecule has 4 nitrogen and oxygen atoms in total. The largest absolute Gasteiger partial charge is 0.372 e. The zero-order chi connectivity index (χ0) is 20.4. The van der Waals surface area contributed by atoms with Gasteiger partial charge in [-0.2, -0.15) is 0 Å². The molecule has 2 aromatic carbocycles. The Bertz CT molecular complexity index is 857. The van der Waals surface area contributed by atoms with Crippen molar-refractivity contribution in [3.05, 3.63) is 59.4 Å². The molecular weight excluding hydrogens is 367 g/mol. The number of rotatable bonds is 5. The third-order valence-corrected chi connectivity index (χ3v) is 6.11. The number of benzene rings is 2. The predicted molar refractivity (Wildman–Crippen MR) is 114 cm³/mol. The van der Waals surface area contributed by atoms with Gasteiger partial charge in [0.15, 0.2) is 0 Å². The smallest absolute Gasteiger partial charge is 0.225 e. The van der Waals surface area contributed by atoms with Crippen molar-refractivity contribution in [2.75, 3.05) is 29.9 Å². The molecule has 0 unspecified atom stereocenters. The van der Waals surface area contributed by atoms with Crippen LogP contribution in [0.25, 0.3) is 0 Å². The van der Waals surface area contributed by atoms with Gasteiger partial charge < -0.3 is 15.0 Å². The second kappa shape index (κ2) is 8.15. The highest BCUT2D eigenvalue weighted by molar-refractivity contribution is 5.92. The van der Waals surface area contributed by atoms with Crippen molar-refractivity contribution in [1.82, 2.24) is 0 Å². The van der Waals surface area contributed by atoms with E-state index in [0.717, 1.165) is 37.1 Å². The molecule has 0 aromatic heterocycles. The Hall–Kier alpha value is -2.40. The predicted octanol–water partition coefficient (Wildman–Crippen LogP) is 5.23. The maximum atomic E-state index is 14.8. The van der Waals surface area contributed by atoms with E-state index in [1.807, 2.05) is 31.2 Å². The molecule has 1 heterocycles. The second-order valence-electron chi connectivity index (χ2n) is 8.70. The molecule has 154 valence electrons. The van der Waals surface area contributed by atoms with Crippen LogP contribution < -0.4 is 10.2 Å². The van der Waals surface area contributed by atoms with E-state index in [9.17, 15) is 9.18 Å². The van der Waals surface area contributed by atoms with Gasteiger partial charge in [-0.25, -0.2) is 4.39 Å². The van der Waals surface area contributed by atoms with Gasteiger partial charge in [0.2, 0.25) is 5.91 Å². The molecule has 0 bridgehead atoms. The number of carbonyl (C=O) groups is 1. The van der Waals surface area contributed by atoms with Crippen LogP contribution in [0.15, 0.2) is 42.5 Å². The number of hydrogen-bond donors (Lipinski definition) is 1. The minimum atomic E-state index is -0.376. The summed E-state index contributed by atoms with van der Waals surface area (Å²) in [6.45, 7) is 6.05. The monoisotopic (exact) mass is 396 g/mol. The van der Waals surface area contributed by atoms with Gasteiger partial charge in [-0.05, 0) is 54.9 Å². The van der Waals surface area contributed by atoms with E-state index >= 15 is 0 Å². The van der Waals surface area contributed by atoms with Crippen LogP contribution in [0.1, 0.15) is 49.8 Å². The van der Waals surface area contributed by atoms with Gasteiger partial charge in [0.1, 0.15) is 5.82 Å². The molecule has 2 fully saturated rings. The molecule has 1 atom stereocenters. The molecule has 1 aliphatic heterocycles. The first-order valence-electron chi connectivity index (χ1n) is 10.5. The first-order valence-corrected chi connectivity index (χ1v) is 10.5. The third kappa shape index (κ3) is 4.78. The fourth-order valence-corrected chi connectivity index (χ4v) is 3.99. The zero-order valence-electron chi connectivity index (χ0n) is 17.2. The molecular formula is C24H29FN2O2. The fourth-order valence-electron chi connectivity index (χ4n) is 3.99. The topological polar surface area (TPSA) is 41.6 Å². The number of nitrogens with one attached hydrogen (secondary N) is 1. The second-order valence-corrected chi connectivity index (χ2v) is 8.70. The standard InChI is InChI=1S/C24H29FN2O2/c1-17-14-19(15-20(25)23(17)26-22(28)16-24(2)9-10-24)27-11-8-21(29-13-12-27)18-6-4-3-5-7-18/h3-7,14-15,21H,8-13,16H2,1-2H3,(H,26,28)/t21-/m1/s1. The van der Waals surface area contributed by atoms with Gasteiger partial charge in [0, 0.05) is 25.2 Å². The lowest BCUT2D eigenvalue weighted by Crippen LogP contribution is -2.26. The first kappa shape index (κ1) is 19.9. The Morgan fingerprint density at radius 3 is 2.69 bits per heavy atom. The molecule has 0 spiro atoms. The Morgan fingerprint density at radius 2 is 2.00 bits per heavy atom. The normalized spacial score (nSPS) is 20.8. The molecule has 1 saturated heterocycles. The van der Waals surface area contributed by atoms with Crippen LogP contribution in [0.2, 0.25) is 0 Å². The fraction of sp³-hybridized carbons (Fsp3) is 0.458. The highest BCUT2D eigenvalue weighted by atomic mass is 19.1. The molecule has 5 heteroatoms. The number of hydrogen-bond acceptors (Lipinski definition) is 3. The quantitative estimate of drug-likeness (QED) is 0.752. The van der Waals surface area contributed by atoms with E-state index in [2.05, 4.69) is 29.3 Å². The summed E-state index contributed by atoms with van der Waals surface area (Å²) in [7, 11) is 0. The minimum Gasteiger partial charge on any atom is -0.372 e. The first-order chi connectivity index (χ1) is 13.9. The lowest BCUT2D eigenvalue weighted by Gasteiger charge is -2.24. The van der Waals surface area contributed by atoms with Crippen LogP contribution in [0.5, 0.6) is 0 Å². The summed E-state index contributed by atoms with van der Waals surface area (Å²) >= 11 is 0. The molecule has 1 saturated carbocycles. The average Bonchev–Trinajstić information content (AvgIpc) is 3.47. The highest BCUT2D eigenvalue weighted by Gasteiger charge is 2.39. The van der Waals surface area contributed by atoms with Crippen molar-refractivity contribution >= 4 is 17.3 Å². The molecule has 0 radical (unpaired) electrons. The summed E-state index contributed by atoms with van der Waals surface area (Å²) in [5.74, 6) is -0.479. The number of aryl methyl sites for hydroxylation is 1. The maximum absolute atomic E-state index is 14.8. The van der Waals surface area contributed by atoms with E-state index in [-0.39, 0.29) is 23.2 Å². The van der Waals surface area contributed by atoms with Crippen molar-refractivity contribution < 1.29 is 13.9 Å². The van der Waals surface area contributed by atoms with Crippen LogP contribution in [-0.2, 0) is 9.53 Å². The van der Waals surface area contributed by atoms with Crippen LogP contribution in [-0.4, -0.2) is 25.6 Å². The highest BCUT2D eigenvalue weighted by Crippen LogP contribution is 2.48. The minimum absolute atomic E-state index is 0.0643. The van der Waals surface area contributed by atoms with E-state index in [0.29, 0.717) is 25.3 Å². The number of carbonyl (C=O) groups excluding carboxylic acids is 1. The number of ether oxygens (including phenoxy) is 1. The van der Waals surface area contributed by atoms with Crippen molar-refractivity contribution in [3.63, 3.8) is 0 Å². The van der Waals surface area contributed by atoms with Crippen LogP contribution in [0.4, 0.5) is 15.8 Å². The lowest BCUT2D eigenvalue weighted by atomic mass is 10.0. The van der Waals surface area contributed by atoms with Gasteiger partial charge >= 0.3 is 0 Å². The van der Waals surface area contributed by atoms with Crippen molar-refractivity contribution in [3.8, 4) is 0 Å². The summed E-state index contributed by atoms with van der Waals surface area (Å²) in [6, 6.07) is 13.7. The Balaban J connectivity index is 1.44. The van der Waals surface area contributed by atoms with Gasteiger partial charge in [-0.1, -0.05) is 37.3 Å². The number of amides is 1. The number of anilines is 2. The van der Waals surface area contributed by atoms with Crippen molar-refractivity contribution in [2.24, 2.45) is 5.41 Å². The Kier molecular flexibility index (Phi) is 5.59. The SMILES string of the molecule is Cc1cc(N2CCO[C@@H](c3ccccc3)CC2)cc(F)c1NC(=O)CC1(C)CC1. The molecule has 2 aliphatic rings. The van der Waals surface area contributed by atoms with E-state index in [1.54, 1.807) is 0 Å². The molecule has 1 N–H and O–H groups in total. The lowest BCUT2D eigenvalue weighted by molar-refractivity contribution is -0.117. The van der Waals surface area contributed by atoms with Gasteiger partial charge in [-0.3, -0.25) is 4.79 Å². The van der Waals surface area contributed by atoms with E-state index in [4.69, 9.17) is 4.74 Å². The zero-order valence-corrected chi connectivity index (χ0v) is 17.2. The molecule has 1 amide bonds.